The van der Waals surface area contributed by atoms with Crippen LogP contribution in [0.1, 0.15) is 53.2 Å². The number of phenols is 1. The van der Waals surface area contributed by atoms with Crippen molar-refractivity contribution in [2.45, 2.75) is 38.1 Å². The first-order chi connectivity index (χ1) is 18.0. The average molecular weight is 516 g/mol. The van der Waals surface area contributed by atoms with Gasteiger partial charge in [-0.1, -0.05) is 54.8 Å². The van der Waals surface area contributed by atoms with Crippen molar-refractivity contribution in [3.63, 3.8) is 0 Å². The Morgan fingerprint density at radius 2 is 1.81 bits per heavy atom. The number of amides is 2. The van der Waals surface area contributed by atoms with Gasteiger partial charge in [-0.15, -0.1) is 0 Å². The molecule has 0 atom stereocenters. The van der Waals surface area contributed by atoms with Crippen molar-refractivity contribution in [2.24, 2.45) is 0 Å². The van der Waals surface area contributed by atoms with Gasteiger partial charge in [0.2, 0.25) is 0 Å². The minimum atomic E-state index is -0.424. The molecule has 1 fully saturated rings. The number of nitrogens with zero attached hydrogens (tertiary/aromatic N) is 3. The van der Waals surface area contributed by atoms with E-state index in [2.05, 4.69) is 20.7 Å². The van der Waals surface area contributed by atoms with Gasteiger partial charge < -0.3 is 15.7 Å². The van der Waals surface area contributed by atoms with Crippen LogP contribution in [0.4, 0.5) is 10.5 Å². The van der Waals surface area contributed by atoms with E-state index < -0.39 is 5.91 Å². The van der Waals surface area contributed by atoms with Gasteiger partial charge in [-0.25, -0.2) is 9.78 Å². The van der Waals surface area contributed by atoms with E-state index in [1.807, 2.05) is 36.4 Å². The lowest BCUT2D eigenvalue weighted by atomic mass is 10.0. The molecule has 188 valence electrons. The number of hydrogen-bond acceptors (Lipinski definition) is 5. The number of hydrogen-bond donors (Lipinski definition) is 3. The normalized spacial score (nSPS) is 13.4. The third-order valence-corrected chi connectivity index (χ3v) is 6.82. The number of rotatable bonds is 6. The monoisotopic (exact) mass is 515 g/mol. The van der Waals surface area contributed by atoms with Crippen LogP contribution < -0.4 is 10.6 Å². The van der Waals surface area contributed by atoms with E-state index in [0.29, 0.717) is 23.5 Å². The van der Waals surface area contributed by atoms with Gasteiger partial charge in [-0.05, 0) is 54.8 Å². The van der Waals surface area contributed by atoms with E-state index in [1.54, 1.807) is 24.3 Å². The summed E-state index contributed by atoms with van der Waals surface area (Å²) in [7, 11) is 0. The van der Waals surface area contributed by atoms with Crippen LogP contribution in [-0.2, 0) is 6.54 Å². The molecule has 3 N–H and O–H groups in total. The maximum atomic E-state index is 13.2. The summed E-state index contributed by atoms with van der Waals surface area (Å²) in [4.78, 5) is 29.8. The Morgan fingerprint density at radius 3 is 2.57 bits per heavy atom. The van der Waals surface area contributed by atoms with Gasteiger partial charge in [0, 0.05) is 29.9 Å². The molecular formula is C28H26ClN5O3. The molecular weight excluding hydrogens is 490 g/mol. The second kappa shape index (κ2) is 10.8. The summed E-state index contributed by atoms with van der Waals surface area (Å²) in [5, 5.41) is 21.1. The fraction of sp³-hybridized carbons (Fsp3) is 0.214. The molecule has 2 aromatic heterocycles. The van der Waals surface area contributed by atoms with E-state index >= 15 is 0 Å². The van der Waals surface area contributed by atoms with Crippen LogP contribution in [0.5, 0.6) is 5.75 Å². The molecule has 4 aromatic rings. The molecule has 0 bridgehead atoms. The zero-order valence-electron chi connectivity index (χ0n) is 20.0. The highest BCUT2D eigenvalue weighted by Gasteiger charge is 2.26. The minimum absolute atomic E-state index is 0.00951. The highest BCUT2D eigenvalue weighted by atomic mass is 35.5. The van der Waals surface area contributed by atoms with Crippen molar-refractivity contribution in [2.75, 3.05) is 5.32 Å². The molecule has 9 heteroatoms. The van der Waals surface area contributed by atoms with Gasteiger partial charge in [0.25, 0.3) is 5.91 Å². The van der Waals surface area contributed by atoms with Crippen LogP contribution in [0.15, 0.2) is 72.9 Å². The molecule has 2 heterocycles. The average Bonchev–Trinajstić information content (AvgIpc) is 3.60. The summed E-state index contributed by atoms with van der Waals surface area (Å²) in [6, 6.07) is 19.1. The number of halogens is 1. The Balaban J connectivity index is 1.43. The predicted octanol–water partition coefficient (Wildman–Crippen LogP) is 5.97. The van der Waals surface area contributed by atoms with Gasteiger partial charge in [0.05, 0.1) is 17.0 Å². The molecule has 0 unspecified atom stereocenters. The van der Waals surface area contributed by atoms with Crippen molar-refractivity contribution < 1.29 is 14.7 Å². The number of benzene rings is 2. The van der Waals surface area contributed by atoms with Gasteiger partial charge in [0.1, 0.15) is 10.9 Å². The van der Waals surface area contributed by atoms with Crippen molar-refractivity contribution in [3.8, 4) is 17.0 Å². The molecule has 1 aliphatic carbocycles. The number of carbonyl (C=O) groups is 2. The molecule has 0 radical (unpaired) electrons. The predicted molar refractivity (Wildman–Crippen MR) is 142 cm³/mol. The largest absolute Gasteiger partial charge is 0.507 e. The Hall–Kier alpha value is -4.17. The number of nitrogens with one attached hydrogen (secondary N) is 2. The summed E-state index contributed by atoms with van der Waals surface area (Å²) in [5.74, 6) is -0.224. The van der Waals surface area contributed by atoms with E-state index in [4.69, 9.17) is 11.6 Å². The SMILES string of the molecule is O=C(Nc1ccc(O)c(-c2cc(C3CCCC3)n(C(=O)NCc3ccccc3)n2)c1)c1cccnc1Cl. The van der Waals surface area contributed by atoms with Crippen molar-refractivity contribution >= 4 is 29.2 Å². The van der Waals surface area contributed by atoms with Crippen molar-refractivity contribution in [1.82, 2.24) is 20.1 Å². The number of aromatic nitrogens is 3. The Bertz CT molecular complexity index is 1430. The number of phenolic OH excluding ortho intramolecular Hbond substituents is 1. The molecule has 0 spiro atoms. The summed E-state index contributed by atoms with van der Waals surface area (Å²) >= 11 is 6.05. The molecule has 0 saturated heterocycles. The number of pyridine rings is 1. The van der Waals surface area contributed by atoms with E-state index in [-0.39, 0.29) is 28.4 Å². The molecule has 1 aliphatic rings. The van der Waals surface area contributed by atoms with Crippen molar-refractivity contribution in [3.05, 3.63) is 94.9 Å². The van der Waals surface area contributed by atoms with Gasteiger partial charge in [-0.3, -0.25) is 4.79 Å². The highest BCUT2D eigenvalue weighted by Crippen LogP contribution is 2.38. The topological polar surface area (TPSA) is 109 Å². The fourth-order valence-corrected chi connectivity index (χ4v) is 4.83. The first-order valence-corrected chi connectivity index (χ1v) is 12.5. The Morgan fingerprint density at radius 1 is 1.03 bits per heavy atom. The van der Waals surface area contributed by atoms with Crippen LogP contribution in [-0.4, -0.2) is 31.8 Å². The van der Waals surface area contributed by atoms with Crippen molar-refractivity contribution in [1.29, 1.82) is 0 Å². The number of anilines is 1. The second-order valence-corrected chi connectivity index (χ2v) is 9.38. The summed E-state index contributed by atoms with van der Waals surface area (Å²) in [6.45, 7) is 0.378. The molecule has 8 nitrogen and oxygen atoms in total. The summed E-state index contributed by atoms with van der Waals surface area (Å²) < 4.78 is 1.41. The maximum absolute atomic E-state index is 13.2. The number of aromatic hydroxyl groups is 1. The molecule has 5 rings (SSSR count). The quantitative estimate of drug-likeness (QED) is 0.216. The third kappa shape index (κ3) is 5.49. The van der Waals surface area contributed by atoms with Gasteiger partial charge in [0.15, 0.2) is 0 Å². The molecule has 37 heavy (non-hydrogen) atoms. The van der Waals surface area contributed by atoms with E-state index in [0.717, 1.165) is 36.9 Å². The lowest BCUT2D eigenvalue weighted by molar-refractivity contribution is 0.102. The van der Waals surface area contributed by atoms with Crippen LogP contribution in [0, 0.1) is 0 Å². The van der Waals surface area contributed by atoms with Crippen LogP contribution in [0.2, 0.25) is 5.15 Å². The fourth-order valence-electron chi connectivity index (χ4n) is 4.62. The van der Waals surface area contributed by atoms with E-state index in [9.17, 15) is 14.7 Å². The Kier molecular flexibility index (Phi) is 7.18. The standard InChI is InChI=1S/C28H26ClN5O3/c29-26-21(11-6-14-30-26)27(36)32-20-12-13-25(35)22(15-20)23-16-24(19-9-4-5-10-19)34(33-23)28(37)31-17-18-7-2-1-3-8-18/h1-3,6-8,11-16,19,35H,4-5,9-10,17H2,(H,31,37)(H,32,36). The molecule has 2 amide bonds. The highest BCUT2D eigenvalue weighted by molar-refractivity contribution is 6.33. The summed E-state index contributed by atoms with van der Waals surface area (Å²) in [5.41, 5.74) is 3.34. The first-order valence-electron chi connectivity index (χ1n) is 12.2. The maximum Gasteiger partial charge on any atom is 0.342 e. The van der Waals surface area contributed by atoms with E-state index in [1.165, 1.54) is 16.9 Å². The van der Waals surface area contributed by atoms with Gasteiger partial charge >= 0.3 is 6.03 Å². The van der Waals surface area contributed by atoms with Crippen LogP contribution in [0.3, 0.4) is 0 Å². The zero-order valence-corrected chi connectivity index (χ0v) is 20.8. The van der Waals surface area contributed by atoms with Gasteiger partial charge in [-0.2, -0.15) is 9.78 Å². The zero-order chi connectivity index (χ0) is 25.8. The molecule has 0 aliphatic heterocycles. The molecule has 1 saturated carbocycles. The Labute approximate surface area is 219 Å². The summed E-state index contributed by atoms with van der Waals surface area (Å²) in [6.07, 6.45) is 5.66. The second-order valence-electron chi connectivity index (χ2n) is 9.02. The smallest absolute Gasteiger partial charge is 0.342 e. The molecule has 2 aromatic carbocycles. The lowest BCUT2D eigenvalue weighted by Gasteiger charge is -2.12. The lowest BCUT2D eigenvalue weighted by Crippen LogP contribution is -2.30. The van der Waals surface area contributed by atoms with Crippen LogP contribution >= 0.6 is 11.6 Å². The minimum Gasteiger partial charge on any atom is -0.507 e. The first kappa shape index (κ1) is 24.5. The third-order valence-electron chi connectivity index (χ3n) is 6.52. The number of carbonyl (C=O) groups excluding carboxylic acids is 2. The van der Waals surface area contributed by atoms with Crippen LogP contribution in [0.25, 0.3) is 11.3 Å².